The fourth-order valence-electron chi connectivity index (χ4n) is 0.644. The number of rotatable bonds is 3. The van der Waals surface area contributed by atoms with Crippen molar-refractivity contribution in [3.8, 4) is 5.75 Å². The van der Waals surface area contributed by atoms with Crippen molar-refractivity contribution in [3.63, 3.8) is 0 Å². The Morgan fingerprint density at radius 1 is 1.30 bits per heavy atom. The van der Waals surface area contributed by atoms with Gasteiger partial charge in [0.2, 0.25) is 0 Å². The molecule has 1 nitrogen and oxygen atoms in total. The Labute approximate surface area is 73.6 Å². The van der Waals surface area contributed by atoms with E-state index in [2.05, 4.69) is 6.92 Å². The molecular formula is C8H11BiO. The number of hydrogen-bond donors (Lipinski definition) is 0. The van der Waals surface area contributed by atoms with Gasteiger partial charge in [0.1, 0.15) is 0 Å². The monoisotopic (exact) mass is 332 g/mol. The molecule has 54 valence electrons. The molecule has 0 bridgehead atoms. The summed E-state index contributed by atoms with van der Waals surface area (Å²) in [5, 5.41) is 0. The second-order valence-corrected chi connectivity index (χ2v) is 6.58. The Balaban J connectivity index is 2.43. The average molecular weight is 332 g/mol. The van der Waals surface area contributed by atoms with Crippen LogP contribution in [0.1, 0.15) is 6.92 Å². The van der Waals surface area contributed by atoms with Crippen molar-refractivity contribution in [2.75, 3.05) is 0 Å². The van der Waals surface area contributed by atoms with Gasteiger partial charge in [0, 0.05) is 0 Å². The minimum atomic E-state index is -0.711. The third-order valence-corrected chi connectivity index (χ3v) is 3.68. The molecule has 1 aromatic carbocycles. The van der Waals surface area contributed by atoms with E-state index in [1.807, 2.05) is 30.3 Å². The van der Waals surface area contributed by atoms with Crippen LogP contribution < -0.4 is 2.81 Å². The van der Waals surface area contributed by atoms with Crippen LogP contribution in [-0.2, 0) is 0 Å². The van der Waals surface area contributed by atoms with Gasteiger partial charge in [-0.2, -0.15) is 0 Å². The SMILES string of the molecule is C[CH2][BiH][O]c1ccccc1. The molecule has 0 saturated carbocycles. The van der Waals surface area contributed by atoms with E-state index in [-0.39, 0.29) is 0 Å². The summed E-state index contributed by atoms with van der Waals surface area (Å²) in [7, 11) is 0. The second-order valence-electron chi connectivity index (χ2n) is 1.91. The molecule has 2 heteroatoms. The van der Waals surface area contributed by atoms with Crippen molar-refractivity contribution in [2.45, 2.75) is 11.1 Å². The van der Waals surface area contributed by atoms with Gasteiger partial charge in [-0.1, -0.05) is 0 Å². The molecule has 0 aliphatic heterocycles. The summed E-state index contributed by atoms with van der Waals surface area (Å²) in [5.41, 5.74) is 0. The molecule has 0 unspecified atom stereocenters. The first-order chi connectivity index (χ1) is 4.93. The van der Waals surface area contributed by atoms with Crippen LogP contribution in [-0.4, -0.2) is 23.7 Å². The van der Waals surface area contributed by atoms with Gasteiger partial charge in [-0.25, -0.2) is 0 Å². The van der Waals surface area contributed by atoms with Gasteiger partial charge in [0.05, 0.1) is 0 Å². The van der Waals surface area contributed by atoms with E-state index in [1.165, 1.54) is 4.13 Å². The molecule has 10 heavy (non-hydrogen) atoms. The first kappa shape index (κ1) is 8.00. The van der Waals surface area contributed by atoms with Crippen LogP contribution in [0.5, 0.6) is 5.75 Å². The van der Waals surface area contributed by atoms with E-state index in [9.17, 15) is 0 Å². The van der Waals surface area contributed by atoms with Crippen LogP contribution in [0, 0.1) is 0 Å². The van der Waals surface area contributed by atoms with Gasteiger partial charge in [0.15, 0.2) is 0 Å². The third kappa shape index (κ3) is 2.66. The summed E-state index contributed by atoms with van der Waals surface area (Å²) in [6, 6.07) is 10.1. The van der Waals surface area contributed by atoms with Crippen molar-refractivity contribution >= 4 is 23.7 Å². The second kappa shape index (κ2) is 4.68. The molecule has 0 saturated heterocycles. The van der Waals surface area contributed by atoms with E-state index in [1.54, 1.807) is 0 Å². The predicted octanol–water partition coefficient (Wildman–Crippen LogP) is 1.86. The van der Waals surface area contributed by atoms with Gasteiger partial charge in [-0.15, -0.1) is 0 Å². The maximum absolute atomic E-state index is 5.55. The van der Waals surface area contributed by atoms with Crippen molar-refractivity contribution in [2.24, 2.45) is 0 Å². The Morgan fingerprint density at radius 2 is 2.00 bits per heavy atom. The van der Waals surface area contributed by atoms with Crippen LogP contribution in [0.25, 0.3) is 0 Å². The van der Waals surface area contributed by atoms with Gasteiger partial charge in [-0.05, 0) is 0 Å². The zero-order valence-corrected chi connectivity index (χ0v) is 9.89. The van der Waals surface area contributed by atoms with Gasteiger partial charge >= 0.3 is 73.6 Å². The van der Waals surface area contributed by atoms with Crippen LogP contribution in [0.2, 0.25) is 4.13 Å². The van der Waals surface area contributed by atoms with Gasteiger partial charge < -0.3 is 0 Å². The summed E-state index contributed by atoms with van der Waals surface area (Å²) >= 11 is -0.711. The number of hydrogen-bond acceptors (Lipinski definition) is 1. The first-order valence-corrected chi connectivity index (χ1v) is 7.72. The Bertz CT molecular complexity index is 174. The molecule has 0 aromatic heterocycles. The van der Waals surface area contributed by atoms with Crippen molar-refractivity contribution in [1.29, 1.82) is 0 Å². The standard InChI is InChI=1S/C6H6O.C2H5.Bi.H/c7-6-4-2-1-3-5-6;1-2;;/h1-5,7H;1H2,2H3;;/q;;+1;/p-1. The van der Waals surface area contributed by atoms with E-state index in [4.69, 9.17) is 2.81 Å². The fourth-order valence-corrected chi connectivity index (χ4v) is 2.38. The van der Waals surface area contributed by atoms with E-state index < -0.39 is 23.7 Å². The van der Waals surface area contributed by atoms with E-state index >= 15 is 0 Å². The molecule has 0 aliphatic carbocycles. The summed E-state index contributed by atoms with van der Waals surface area (Å²) < 4.78 is 6.81. The summed E-state index contributed by atoms with van der Waals surface area (Å²) in [6.45, 7) is 2.19. The molecule has 0 amide bonds. The first-order valence-electron chi connectivity index (χ1n) is 3.38. The maximum atomic E-state index is 5.55. The molecular weight excluding hydrogens is 321 g/mol. The zero-order chi connectivity index (χ0) is 7.23. The van der Waals surface area contributed by atoms with Crippen molar-refractivity contribution < 1.29 is 2.81 Å². The Morgan fingerprint density at radius 3 is 2.60 bits per heavy atom. The van der Waals surface area contributed by atoms with E-state index in [0.29, 0.717) is 0 Å². The topological polar surface area (TPSA) is 9.23 Å². The average Bonchev–Trinajstić information content (AvgIpc) is 2.03. The molecule has 1 aromatic rings. The third-order valence-electron chi connectivity index (χ3n) is 1.08. The van der Waals surface area contributed by atoms with E-state index in [0.717, 1.165) is 5.75 Å². The fraction of sp³-hybridized carbons (Fsp3) is 0.250. The molecule has 0 N–H and O–H groups in total. The summed E-state index contributed by atoms with van der Waals surface area (Å²) in [4.78, 5) is 0. The molecule has 0 heterocycles. The molecule has 0 spiro atoms. The van der Waals surface area contributed by atoms with Gasteiger partial charge in [-0.3, -0.25) is 0 Å². The summed E-state index contributed by atoms with van der Waals surface area (Å²) in [5.74, 6) is 1.05. The Hall–Kier alpha value is -0.0969. The van der Waals surface area contributed by atoms with Crippen molar-refractivity contribution in [3.05, 3.63) is 30.3 Å². The van der Waals surface area contributed by atoms with Crippen LogP contribution >= 0.6 is 0 Å². The molecule has 1 rings (SSSR count). The normalized spacial score (nSPS) is 9.30. The van der Waals surface area contributed by atoms with Crippen LogP contribution in [0.3, 0.4) is 0 Å². The molecule has 0 aliphatic rings. The molecule has 0 fully saturated rings. The summed E-state index contributed by atoms with van der Waals surface area (Å²) in [6.07, 6.45) is 0. The molecule has 0 radical (unpaired) electrons. The zero-order valence-electron chi connectivity index (χ0n) is 6.00. The Kier molecular flexibility index (Phi) is 3.74. The predicted molar refractivity (Wildman–Crippen MR) is 44.7 cm³/mol. The van der Waals surface area contributed by atoms with Gasteiger partial charge in [0.25, 0.3) is 0 Å². The quantitative estimate of drug-likeness (QED) is 0.768. The number of benzene rings is 1. The van der Waals surface area contributed by atoms with Crippen molar-refractivity contribution in [1.82, 2.24) is 0 Å². The van der Waals surface area contributed by atoms with Crippen LogP contribution in [0.4, 0.5) is 0 Å². The number of para-hydroxylation sites is 1. The van der Waals surface area contributed by atoms with Crippen LogP contribution in [0.15, 0.2) is 30.3 Å². The molecule has 0 atom stereocenters. The minimum absolute atomic E-state index is 0.711.